The Morgan fingerprint density at radius 2 is 1.78 bits per heavy atom. The molecule has 1 rings (SSSR count). The van der Waals surface area contributed by atoms with Gasteiger partial charge in [0, 0.05) is 25.2 Å². The molecule has 7 heteroatoms. The van der Waals surface area contributed by atoms with Crippen LogP contribution in [0.15, 0.2) is 24.3 Å². The second-order valence-electron chi connectivity index (χ2n) is 5.37. The minimum atomic E-state index is -3.95. The van der Waals surface area contributed by atoms with Gasteiger partial charge >= 0.3 is 5.97 Å². The fourth-order valence-corrected chi connectivity index (χ4v) is 2.70. The van der Waals surface area contributed by atoms with Crippen molar-refractivity contribution in [2.75, 3.05) is 30.3 Å². The van der Waals surface area contributed by atoms with Gasteiger partial charge in [-0.25, -0.2) is 0 Å². The van der Waals surface area contributed by atoms with Crippen LogP contribution < -0.4 is 4.90 Å². The summed E-state index contributed by atoms with van der Waals surface area (Å²) in [5, 5.41) is 0. The van der Waals surface area contributed by atoms with E-state index in [1.165, 1.54) is 0 Å². The van der Waals surface area contributed by atoms with Gasteiger partial charge in [0.1, 0.15) is 0 Å². The molecule has 0 amide bonds. The van der Waals surface area contributed by atoms with Crippen LogP contribution in [0.2, 0.25) is 0 Å². The van der Waals surface area contributed by atoms with Gasteiger partial charge in [0.15, 0.2) is 0 Å². The van der Waals surface area contributed by atoms with Gasteiger partial charge in [0.2, 0.25) is 0 Å². The van der Waals surface area contributed by atoms with Gasteiger partial charge in [-0.1, -0.05) is 17.7 Å². The highest BCUT2D eigenvalue weighted by Crippen LogP contribution is 2.16. The Morgan fingerprint density at radius 3 is 2.35 bits per heavy atom. The monoisotopic (exact) mass is 343 g/mol. The van der Waals surface area contributed by atoms with Crippen molar-refractivity contribution in [2.45, 2.75) is 33.1 Å². The molecule has 0 aromatic heterocycles. The maximum atomic E-state index is 11.4. The van der Waals surface area contributed by atoms with Crippen LogP contribution in [0.4, 0.5) is 5.69 Å². The van der Waals surface area contributed by atoms with E-state index in [-0.39, 0.29) is 11.7 Å². The van der Waals surface area contributed by atoms with Crippen molar-refractivity contribution >= 4 is 21.8 Å². The molecule has 1 aromatic rings. The summed E-state index contributed by atoms with van der Waals surface area (Å²) in [5.74, 6) is -0.498. The van der Waals surface area contributed by atoms with Crippen LogP contribution in [0, 0.1) is 6.92 Å². The summed E-state index contributed by atoms with van der Waals surface area (Å²) in [4.78, 5) is 13.4. The van der Waals surface area contributed by atoms with Gasteiger partial charge in [-0.3, -0.25) is 9.35 Å². The molecule has 130 valence electrons. The minimum Gasteiger partial charge on any atom is -0.466 e. The molecule has 0 saturated heterocycles. The Hall–Kier alpha value is -1.60. The van der Waals surface area contributed by atoms with Crippen LogP contribution in [0.3, 0.4) is 0 Å². The van der Waals surface area contributed by atoms with Crippen LogP contribution in [0.5, 0.6) is 0 Å². The molecule has 0 bridgehead atoms. The van der Waals surface area contributed by atoms with Gasteiger partial charge < -0.3 is 9.64 Å². The van der Waals surface area contributed by atoms with E-state index >= 15 is 0 Å². The predicted molar refractivity (Wildman–Crippen MR) is 90.3 cm³/mol. The van der Waals surface area contributed by atoms with Crippen molar-refractivity contribution in [2.24, 2.45) is 0 Å². The van der Waals surface area contributed by atoms with Gasteiger partial charge in [0.25, 0.3) is 10.1 Å². The smallest absolute Gasteiger partial charge is 0.305 e. The molecule has 1 N–H and O–H groups in total. The van der Waals surface area contributed by atoms with Gasteiger partial charge in [-0.15, -0.1) is 0 Å². The maximum Gasteiger partial charge on any atom is 0.305 e. The summed E-state index contributed by atoms with van der Waals surface area (Å²) < 4.78 is 35.4. The van der Waals surface area contributed by atoms with E-state index < -0.39 is 10.1 Å². The van der Waals surface area contributed by atoms with Gasteiger partial charge in [0.05, 0.1) is 12.4 Å². The molecule has 0 unspecified atom stereocenters. The second kappa shape index (κ2) is 9.52. The highest BCUT2D eigenvalue weighted by atomic mass is 32.2. The van der Waals surface area contributed by atoms with E-state index in [1.807, 2.05) is 36.1 Å². The Kier molecular flexibility index (Phi) is 8.05. The number of ether oxygens (including phenoxy) is 1. The fourth-order valence-electron chi connectivity index (χ4n) is 2.21. The average molecular weight is 343 g/mol. The lowest BCUT2D eigenvalue weighted by Crippen LogP contribution is -2.27. The van der Waals surface area contributed by atoms with Gasteiger partial charge in [-0.2, -0.15) is 8.42 Å². The number of esters is 1. The minimum absolute atomic E-state index is 0.228. The van der Waals surface area contributed by atoms with Gasteiger partial charge in [-0.05, 0) is 38.8 Å². The standard InChI is InChI=1S/C16H25NO5S/c1-3-22-16(18)6-4-11-17(12-5-13-23(19,20)21)15-9-7-14(2)8-10-15/h7-10H,3-6,11-13H2,1-2H3,(H,19,20,21). The third-order valence-corrected chi connectivity index (χ3v) is 4.15. The summed E-state index contributed by atoms with van der Waals surface area (Å²) in [6, 6.07) is 7.90. The lowest BCUT2D eigenvalue weighted by Gasteiger charge is -2.24. The van der Waals surface area contributed by atoms with Crippen molar-refractivity contribution in [3.8, 4) is 0 Å². The second-order valence-corrected chi connectivity index (χ2v) is 6.94. The Morgan fingerprint density at radius 1 is 1.17 bits per heavy atom. The third kappa shape index (κ3) is 8.56. The van der Waals surface area contributed by atoms with Crippen LogP contribution in [-0.4, -0.2) is 44.4 Å². The van der Waals surface area contributed by atoms with Crippen LogP contribution in [0.25, 0.3) is 0 Å². The first-order valence-corrected chi connectivity index (χ1v) is 9.35. The number of benzene rings is 1. The first-order chi connectivity index (χ1) is 10.8. The molecule has 0 radical (unpaired) electrons. The van der Waals surface area contributed by atoms with Crippen molar-refractivity contribution < 1.29 is 22.5 Å². The summed E-state index contributed by atoms with van der Waals surface area (Å²) in [6.45, 7) is 5.24. The molecule has 6 nitrogen and oxygen atoms in total. The largest absolute Gasteiger partial charge is 0.466 e. The molecule has 0 spiro atoms. The lowest BCUT2D eigenvalue weighted by atomic mass is 10.2. The molecule has 0 heterocycles. The molecule has 23 heavy (non-hydrogen) atoms. The molecule has 0 fully saturated rings. The predicted octanol–water partition coefficient (Wildman–Crippen LogP) is 2.42. The zero-order valence-corrected chi connectivity index (χ0v) is 14.5. The zero-order valence-electron chi connectivity index (χ0n) is 13.7. The summed E-state index contributed by atoms with van der Waals surface area (Å²) in [6.07, 6.45) is 1.28. The highest BCUT2D eigenvalue weighted by Gasteiger charge is 2.11. The Balaban J connectivity index is 2.61. The third-order valence-electron chi connectivity index (χ3n) is 3.34. The first-order valence-electron chi connectivity index (χ1n) is 7.74. The summed E-state index contributed by atoms with van der Waals surface area (Å²) >= 11 is 0. The van der Waals surface area contributed by atoms with Crippen molar-refractivity contribution in [1.82, 2.24) is 0 Å². The number of carbonyl (C=O) groups is 1. The van der Waals surface area contributed by atoms with E-state index in [0.717, 1.165) is 11.3 Å². The molecule has 0 saturated carbocycles. The number of rotatable bonds is 10. The molecular weight excluding hydrogens is 318 g/mol. The first kappa shape index (κ1) is 19.4. The quantitative estimate of drug-likeness (QED) is 0.519. The maximum absolute atomic E-state index is 11.4. The number of aryl methyl sites for hydroxylation is 1. The molecule has 0 aliphatic heterocycles. The molecule has 0 atom stereocenters. The fraction of sp³-hybridized carbons (Fsp3) is 0.562. The van der Waals surface area contributed by atoms with E-state index in [9.17, 15) is 13.2 Å². The van der Waals surface area contributed by atoms with E-state index in [4.69, 9.17) is 9.29 Å². The van der Waals surface area contributed by atoms with E-state index in [0.29, 0.717) is 39.0 Å². The van der Waals surface area contributed by atoms with Crippen molar-refractivity contribution in [3.63, 3.8) is 0 Å². The van der Waals surface area contributed by atoms with E-state index in [1.54, 1.807) is 6.92 Å². The number of hydrogen-bond donors (Lipinski definition) is 1. The number of hydrogen-bond acceptors (Lipinski definition) is 5. The highest BCUT2D eigenvalue weighted by molar-refractivity contribution is 7.85. The summed E-state index contributed by atoms with van der Waals surface area (Å²) in [5.41, 5.74) is 2.10. The number of nitrogens with zero attached hydrogens (tertiary/aromatic N) is 1. The average Bonchev–Trinajstić information content (AvgIpc) is 2.46. The molecule has 1 aromatic carbocycles. The zero-order chi connectivity index (χ0) is 17.3. The molecular formula is C16H25NO5S. The van der Waals surface area contributed by atoms with Crippen LogP contribution >= 0.6 is 0 Å². The number of anilines is 1. The molecule has 0 aliphatic carbocycles. The normalized spacial score (nSPS) is 11.3. The Labute approximate surface area is 138 Å². The van der Waals surface area contributed by atoms with E-state index in [2.05, 4.69) is 0 Å². The van der Waals surface area contributed by atoms with Crippen LogP contribution in [-0.2, 0) is 19.6 Å². The SMILES string of the molecule is CCOC(=O)CCCN(CCCS(=O)(=O)O)c1ccc(C)cc1. The Bertz CT molecular complexity index is 583. The number of carbonyl (C=O) groups excluding carboxylic acids is 1. The van der Waals surface area contributed by atoms with Crippen LogP contribution in [0.1, 0.15) is 31.7 Å². The van der Waals surface area contributed by atoms with Crippen molar-refractivity contribution in [1.29, 1.82) is 0 Å². The lowest BCUT2D eigenvalue weighted by molar-refractivity contribution is -0.143. The molecule has 0 aliphatic rings. The topological polar surface area (TPSA) is 83.9 Å². The van der Waals surface area contributed by atoms with Crippen molar-refractivity contribution in [3.05, 3.63) is 29.8 Å². The summed E-state index contributed by atoms with van der Waals surface area (Å²) in [7, 11) is -3.95.